The highest BCUT2D eigenvalue weighted by Crippen LogP contribution is 2.32. The Bertz CT molecular complexity index is 610. The van der Waals surface area contributed by atoms with Crippen LogP contribution in [0.25, 0.3) is 20.8 Å². The lowest BCUT2D eigenvalue weighted by Gasteiger charge is -1.90. The summed E-state index contributed by atoms with van der Waals surface area (Å²) in [4.78, 5) is 4.47. The number of aryl methyl sites for hydroxylation is 1. The maximum atomic E-state index is 4.47. The molecule has 0 spiro atoms. The fourth-order valence-corrected chi connectivity index (χ4v) is 3.14. The zero-order valence-electron chi connectivity index (χ0n) is 8.10. The van der Waals surface area contributed by atoms with E-state index in [0.717, 1.165) is 16.4 Å². The van der Waals surface area contributed by atoms with Crippen molar-refractivity contribution < 1.29 is 0 Å². The van der Waals surface area contributed by atoms with Crippen molar-refractivity contribution in [3.8, 4) is 10.7 Å². The van der Waals surface area contributed by atoms with Crippen LogP contribution in [-0.4, -0.2) is 9.36 Å². The zero-order chi connectivity index (χ0) is 10.3. The lowest BCUT2D eigenvalue weighted by atomic mass is 10.2. The molecule has 4 heteroatoms. The lowest BCUT2D eigenvalue weighted by Crippen LogP contribution is -1.76. The van der Waals surface area contributed by atoms with Crippen LogP contribution in [0.5, 0.6) is 0 Å². The fourth-order valence-electron chi connectivity index (χ4n) is 1.50. The molecular formula is C11H8N2S2. The van der Waals surface area contributed by atoms with Crippen LogP contribution in [0.15, 0.2) is 29.6 Å². The Hall–Kier alpha value is -1.26. The molecule has 0 amide bonds. The van der Waals surface area contributed by atoms with Crippen LogP contribution in [0, 0.1) is 6.92 Å². The summed E-state index contributed by atoms with van der Waals surface area (Å²) in [7, 11) is 0. The molecule has 3 rings (SSSR count). The van der Waals surface area contributed by atoms with E-state index in [0.29, 0.717) is 0 Å². The van der Waals surface area contributed by atoms with Crippen LogP contribution in [-0.2, 0) is 0 Å². The van der Waals surface area contributed by atoms with E-state index in [9.17, 15) is 0 Å². The minimum atomic E-state index is 1.02. The molecular weight excluding hydrogens is 224 g/mol. The van der Waals surface area contributed by atoms with E-state index >= 15 is 0 Å². The molecule has 2 aromatic heterocycles. The number of rotatable bonds is 1. The summed E-state index contributed by atoms with van der Waals surface area (Å²) >= 11 is 3.19. The third kappa shape index (κ3) is 1.46. The van der Waals surface area contributed by atoms with Crippen LogP contribution >= 0.6 is 22.9 Å². The van der Waals surface area contributed by atoms with E-state index < -0.39 is 0 Å². The van der Waals surface area contributed by atoms with Gasteiger partial charge in [-0.05, 0) is 24.5 Å². The number of fused-ring (bicyclic) bond motifs is 1. The quantitative estimate of drug-likeness (QED) is 0.639. The molecule has 74 valence electrons. The number of hydrogen-bond donors (Lipinski definition) is 0. The second kappa shape index (κ2) is 3.40. The highest BCUT2D eigenvalue weighted by atomic mass is 32.1. The minimum absolute atomic E-state index is 1.02. The highest BCUT2D eigenvalue weighted by molar-refractivity contribution is 7.15. The molecule has 0 radical (unpaired) electrons. The predicted molar refractivity (Wildman–Crippen MR) is 65.5 cm³/mol. The third-order valence-corrected chi connectivity index (χ3v) is 3.99. The first-order valence-corrected chi connectivity index (χ1v) is 6.27. The molecule has 3 aromatic rings. The molecule has 0 bridgehead atoms. The summed E-state index contributed by atoms with van der Waals surface area (Å²) in [5.41, 5.74) is 2.08. The Balaban J connectivity index is 2.27. The molecule has 0 atom stereocenters. The Morgan fingerprint density at radius 3 is 2.87 bits per heavy atom. The van der Waals surface area contributed by atoms with Crippen LogP contribution in [0.1, 0.15) is 5.69 Å². The molecule has 0 aliphatic carbocycles. The first-order valence-electron chi connectivity index (χ1n) is 4.61. The minimum Gasteiger partial charge on any atom is -0.240 e. The van der Waals surface area contributed by atoms with Crippen LogP contribution < -0.4 is 0 Å². The summed E-state index contributed by atoms with van der Waals surface area (Å²) < 4.78 is 5.69. The highest BCUT2D eigenvalue weighted by Gasteiger charge is 2.10. The van der Waals surface area contributed by atoms with E-state index in [2.05, 4.69) is 26.9 Å². The van der Waals surface area contributed by atoms with Crippen molar-refractivity contribution in [3.63, 3.8) is 0 Å². The van der Waals surface area contributed by atoms with Crippen molar-refractivity contribution in [2.24, 2.45) is 0 Å². The molecule has 0 saturated carbocycles. The second-order valence-electron chi connectivity index (χ2n) is 3.32. The van der Waals surface area contributed by atoms with Gasteiger partial charge in [0, 0.05) is 16.5 Å². The molecule has 0 fully saturated rings. The molecule has 0 N–H and O–H groups in total. The van der Waals surface area contributed by atoms with Crippen molar-refractivity contribution in [2.75, 3.05) is 0 Å². The van der Waals surface area contributed by atoms with E-state index in [1.165, 1.54) is 21.6 Å². The van der Waals surface area contributed by atoms with Crippen molar-refractivity contribution >= 4 is 33.0 Å². The average Bonchev–Trinajstić information content (AvgIpc) is 2.83. The Morgan fingerprint density at radius 2 is 2.07 bits per heavy atom. The second-order valence-corrected chi connectivity index (χ2v) is 4.98. The van der Waals surface area contributed by atoms with Gasteiger partial charge in [-0.25, -0.2) is 4.98 Å². The van der Waals surface area contributed by atoms with Crippen molar-refractivity contribution in [2.45, 2.75) is 6.92 Å². The fraction of sp³-hybridized carbons (Fsp3) is 0.0909. The van der Waals surface area contributed by atoms with Gasteiger partial charge in [0.05, 0.1) is 4.70 Å². The summed E-state index contributed by atoms with van der Waals surface area (Å²) in [6.45, 7) is 2.01. The van der Waals surface area contributed by atoms with Crippen LogP contribution in [0.2, 0.25) is 0 Å². The largest absolute Gasteiger partial charge is 0.240 e. The number of aromatic nitrogens is 2. The van der Waals surface area contributed by atoms with Crippen molar-refractivity contribution in [3.05, 3.63) is 35.3 Å². The van der Waals surface area contributed by atoms with Crippen molar-refractivity contribution in [1.29, 1.82) is 0 Å². The molecule has 0 aliphatic heterocycles. The lowest BCUT2D eigenvalue weighted by molar-refractivity contribution is 1.26. The number of nitrogens with zero attached hydrogens (tertiary/aromatic N) is 2. The Morgan fingerprint density at radius 1 is 1.20 bits per heavy atom. The number of hydrogen-bond acceptors (Lipinski definition) is 4. The van der Waals surface area contributed by atoms with E-state index in [1.54, 1.807) is 11.3 Å². The molecule has 15 heavy (non-hydrogen) atoms. The summed E-state index contributed by atoms with van der Waals surface area (Å²) in [6.07, 6.45) is 0. The third-order valence-electron chi connectivity index (χ3n) is 2.20. The number of benzene rings is 1. The normalized spacial score (nSPS) is 11.0. The smallest absolute Gasteiger partial charge is 0.143 e. The summed E-state index contributed by atoms with van der Waals surface area (Å²) in [5, 5.41) is 4.28. The van der Waals surface area contributed by atoms with Crippen LogP contribution in [0.3, 0.4) is 0 Å². The SMILES string of the molecule is Cc1csc(-c2nsc3ccccc23)n1. The molecule has 0 unspecified atom stereocenters. The van der Waals surface area contributed by atoms with Crippen LogP contribution in [0.4, 0.5) is 0 Å². The summed E-state index contributed by atoms with van der Waals surface area (Å²) in [6, 6.07) is 8.28. The Kier molecular flexibility index (Phi) is 2.04. The van der Waals surface area contributed by atoms with Gasteiger partial charge in [0.15, 0.2) is 0 Å². The summed E-state index contributed by atoms with van der Waals surface area (Å²) in [5.74, 6) is 0. The molecule has 0 aliphatic rings. The van der Waals surface area contributed by atoms with Gasteiger partial charge >= 0.3 is 0 Å². The van der Waals surface area contributed by atoms with Gasteiger partial charge in [0.25, 0.3) is 0 Å². The first-order chi connectivity index (χ1) is 7.34. The van der Waals surface area contributed by atoms with Gasteiger partial charge < -0.3 is 0 Å². The van der Waals surface area contributed by atoms with Gasteiger partial charge in [0.1, 0.15) is 10.7 Å². The topological polar surface area (TPSA) is 25.8 Å². The first kappa shape index (κ1) is 9.00. The molecule has 2 heterocycles. The van der Waals surface area contributed by atoms with Crippen molar-refractivity contribution in [1.82, 2.24) is 9.36 Å². The molecule has 2 nitrogen and oxygen atoms in total. The van der Waals surface area contributed by atoms with Gasteiger partial charge in [-0.1, -0.05) is 18.2 Å². The predicted octanol–water partition coefficient (Wildman–Crippen LogP) is 3.73. The monoisotopic (exact) mass is 232 g/mol. The zero-order valence-corrected chi connectivity index (χ0v) is 9.73. The maximum absolute atomic E-state index is 4.47. The van der Waals surface area contributed by atoms with Gasteiger partial charge in [0.2, 0.25) is 0 Å². The van der Waals surface area contributed by atoms with E-state index in [1.807, 2.05) is 19.1 Å². The molecule has 1 aromatic carbocycles. The van der Waals surface area contributed by atoms with E-state index in [4.69, 9.17) is 0 Å². The van der Waals surface area contributed by atoms with E-state index in [-0.39, 0.29) is 0 Å². The van der Waals surface area contributed by atoms with Gasteiger partial charge in [-0.3, -0.25) is 0 Å². The standard InChI is InChI=1S/C11H8N2S2/c1-7-6-14-11(12-7)10-8-4-2-3-5-9(8)15-13-10/h2-6H,1H3. The molecule has 0 saturated heterocycles. The van der Waals surface area contributed by atoms with Gasteiger partial charge in [-0.2, -0.15) is 4.37 Å². The Labute approximate surface area is 95.4 Å². The number of thiazole rings is 1. The average molecular weight is 232 g/mol. The van der Waals surface area contributed by atoms with Gasteiger partial charge in [-0.15, -0.1) is 11.3 Å². The maximum Gasteiger partial charge on any atom is 0.143 e.